The minimum Gasteiger partial charge on any atom is -0.359 e. The van der Waals surface area contributed by atoms with Crippen LogP contribution in [-0.2, 0) is 0 Å². The molecule has 0 aliphatic heterocycles. The van der Waals surface area contributed by atoms with E-state index in [0.29, 0.717) is 0 Å². The van der Waals surface area contributed by atoms with E-state index < -0.39 is 0 Å². The van der Waals surface area contributed by atoms with Gasteiger partial charge in [0.25, 0.3) is 5.24 Å². The lowest BCUT2D eigenvalue weighted by Crippen LogP contribution is -2.18. The van der Waals surface area contributed by atoms with Gasteiger partial charge in [-0.2, -0.15) is 0 Å². The fourth-order valence-corrected chi connectivity index (χ4v) is 1.54. The van der Waals surface area contributed by atoms with E-state index in [9.17, 15) is 4.79 Å². The fraction of sp³-hybridized carbons (Fsp3) is 0.100. The zero-order valence-corrected chi connectivity index (χ0v) is 8.58. The van der Waals surface area contributed by atoms with Crippen LogP contribution in [0.15, 0.2) is 30.5 Å². The number of thiol groups is 1. The number of hydrogen-bond donors (Lipinski definition) is 2. The van der Waals surface area contributed by atoms with Gasteiger partial charge in [-0.3, -0.25) is 4.79 Å². The molecule has 0 aliphatic rings. The van der Waals surface area contributed by atoms with Crippen LogP contribution in [0, 0.1) is 0 Å². The molecule has 1 aromatic carbocycles. The average Bonchev–Trinajstić information content (AvgIpc) is 2.60. The molecule has 4 heteroatoms. The Labute approximate surface area is 87.1 Å². The second-order valence-corrected chi connectivity index (χ2v) is 3.44. The summed E-state index contributed by atoms with van der Waals surface area (Å²) in [6.45, 7) is 0. The fourth-order valence-electron chi connectivity index (χ4n) is 1.44. The highest BCUT2D eigenvalue weighted by Crippen LogP contribution is 2.25. The van der Waals surface area contributed by atoms with E-state index in [-0.39, 0.29) is 5.24 Å². The Morgan fingerprint density at radius 3 is 2.86 bits per heavy atom. The molecule has 14 heavy (non-hydrogen) atoms. The number of carbonyl (C=O) groups excluding carboxylic acids is 1. The Morgan fingerprint density at radius 1 is 1.43 bits per heavy atom. The number of benzene rings is 1. The molecule has 2 aromatic rings. The maximum absolute atomic E-state index is 11.1. The summed E-state index contributed by atoms with van der Waals surface area (Å²) in [6.07, 6.45) is 1.80. The van der Waals surface area contributed by atoms with Gasteiger partial charge in [0, 0.05) is 24.1 Å². The van der Waals surface area contributed by atoms with Crippen molar-refractivity contribution in [2.75, 3.05) is 11.9 Å². The first-order valence-corrected chi connectivity index (χ1v) is 4.67. The molecule has 0 saturated heterocycles. The summed E-state index contributed by atoms with van der Waals surface area (Å²) in [7, 11) is 1.70. The maximum Gasteiger partial charge on any atom is 0.282 e. The minimum atomic E-state index is -0.269. The van der Waals surface area contributed by atoms with Crippen LogP contribution in [0.4, 0.5) is 10.5 Å². The highest BCUT2D eigenvalue weighted by Gasteiger charge is 2.10. The summed E-state index contributed by atoms with van der Waals surface area (Å²) in [4.78, 5) is 15.7. The SMILES string of the molecule is CN(C(=O)S)c1c[nH]c2ccccc12. The van der Waals surface area contributed by atoms with E-state index in [0.717, 1.165) is 16.6 Å². The van der Waals surface area contributed by atoms with Crippen molar-refractivity contribution < 1.29 is 4.79 Å². The van der Waals surface area contributed by atoms with Gasteiger partial charge in [0.15, 0.2) is 0 Å². The van der Waals surface area contributed by atoms with Crippen molar-refractivity contribution in [2.45, 2.75) is 0 Å². The number of nitrogens with zero attached hydrogens (tertiary/aromatic N) is 1. The van der Waals surface area contributed by atoms with Gasteiger partial charge in [-0.25, -0.2) is 0 Å². The molecule has 0 bridgehead atoms. The van der Waals surface area contributed by atoms with E-state index in [1.54, 1.807) is 13.2 Å². The number of carbonyl (C=O) groups is 1. The van der Waals surface area contributed by atoms with E-state index in [1.165, 1.54) is 4.90 Å². The second kappa shape index (κ2) is 3.38. The van der Waals surface area contributed by atoms with Gasteiger partial charge in [0.05, 0.1) is 5.69 Å². The van der Waals surface area contributed by atoms with Crippen LogP contribution in [0.5, 0.6) is 0 Å². The lowest BCUT2D eigenvalue weighted by atomic mass is 10.2. The van der Waals surface area contributed by atoms with Crippen LogP contribution in [0.1, 0.15) is 0 Å². The molecule has 72 valence electrons. The lowest BCUT2D eigenvalue weighted by Gasteiger charge is -2.11. The molecular weight excluding hydrogens is 196 g/mol. The van der Waals surface area contributed by atoms with Crippen molar-refractivity contribution in [3.05, 3.63) is 30.5 Å². The standard InChI is InChI=1S/C10H10N2OS/c1-12(10(13)14)9-6-11-8-5-3-2-4-7(8)9/h2-6,11H,1H3,(H,13,14). The Morgan fingerprint density at radius 2 is 2.14 bits per heavy atom. The molecule has 3 nitrogen and oxygen atoms in total. The largest absolute Gasteiger partial charge is 0.359 e. The first kappa shape index (κ1) is 9.15. The van der Waals surface area contributed by atoms with E-state index in [2.05, 4.69) is 17.6 Å². The van der Waals surface area contributed by atoms with Gasteiger partial charge in [0.2, 0.25) is 0 Å². The molecule has 0 spiro atoms. The third-order valence-electron chi connectivity index (χ3n) is 2.22. The predicted octanol–water partition coefficient (Wildman–Crippen LogP) is 2.65. The average molecular weight is 206 g/mol. The van der Waals surface area contributed by atoms with Crippen LogP contribution in [0.25, 0.3) is 10.9 Å². The number of H-pyrrole nitrogens is 1. The summed E-state index contributed by atoms with van der Waals surface area (Å²) in [5.41, 5.74) is 1.87. The first-order chi connectivity index (χ1) is 6.70. The number of aromatic amines is 1. The lowest BCUT2D eigenvalue weighted by molar-refractivity contribution is 0.266. The molecule has 0 saturated carbocycles. The highest BCUT2D eigenvalue weighted by molar-refractivity contribution is 7.96. The normalized spacial score (nSPS) is 10.4. The number of nitrogens with one attached hydrogen (secondary N) is 1. The van der Waals surface area contributed by atoms with Gasteiger partial charge in [-0.15, -0.1) is 0 Å². The number of anilines is 1. The van der Waals surface area contributed by atoms with Crippen molar-refractivity contribution in [3.63, 3.8) is 0 Å². The summed E-state index contributed by atoms with van der Waals surface area (Å²) in [6, 6.07) is 7.83. The van der Waals surface area contributed by atoms with Gasteiger partial charge in [0.1, 0.15) is 0 Å². The van der Waals surface area contributed by atoms with Crippen LogP contribution in [0.2, 0.25) is 0 Å². The number of para-hydroxylation sites is 1. The second-order valence-electron chi connectivity index (χ2n) is 3.06. The number of hydrogen-bond acceptors (Lipinski definition) is 1. The summed E-state index contributed by atoms with van der Waals surface area (Å²) >= 11 is 3.78. The third-order valence-corrected chi connectivity index (χ3v) is 2.52. The highest BCUT2D eigenvalue weighted by atomic mass is 32.1. The monoisotopic (exact) mass is 206 g/mol. The summed E-state index contributed by atoms with van der Waals surface area (Å²) < 4.78 is 0. The number of rotatable bonds is 1. The predicted molar refractivity (Wildman–Crippen MR) is 61.1 cm³/mol. The topological polar surface area (TPSA) is 36.1 Å². The molecule has 2 rings (SSSR count). The zero-order chi connectivity index (χ0) is 10.1. The quantitative estimate of drug-likeness (QED) is 0.691. The smallest absolute Gasteiger partial charge is 0.282 e. The van der Waals surface area contributed by atoms with Crippen molar-refractivity contribution in [1.29, 1.82) is 0 Å². The Hall–Kier alpha value is -1.42. The van der Waals surface area contributed by atoms with Gasteiger partial charge in [-0.1, -0.05) is 30.8 Å². The van der Waals surface area contributed by atoms with Crippen LogP contribution in [-0.4, -0.2) is 17.3 Å². The van der Waals surface area contributed by atoms with Crippen molar-refractivity contribution >= 4 is 34.5 Å². The summed E-state index contributed by atoms with van der Waals surface area (Å²) in [5.74, 6) is 0. The van der Waals surface area contributed by atoms with E-state index >= 15 is 0 Å². The molecular formula is C10H10N2OS. The van der Waals surface area contributed by atoms with Crippen LogP contribution >= 0.6 is 12.6 Å². The Balaban J connectivity index is 2.58. The molecule has 0 atom stereocenters. The van der Waals surface area contributed by atoms with Gasteiger partial charge >= 0.3 is 0 Å². The van der Waals surface area contributed by atoms with Crippen molar-refractivity contribution in [3.8, 4) is 0 Å². The number of fused-ring (bicyclic) bond motifs is 1. The van der Waals surface area contributed by atoms with E-state index in [1.807, 2.05) is 24.3 Å². The van der Waals surface area contributed by atoms with E-state index in [4.69, 9.17) is 0 Å². The molecule has 0 radical (unpaired) electrons. The molecule has 1 aromatic heterocycles. The zero-order valence-electron chi connectivity index (χ0n) is 7.69. The van der Waals surface area contributed by atoms with Crippen LogP contribution in [0.3, 0.4) is 0 Å². The van der Waals surface area contributed by atoms with Gasteiger partial charge < -0.3 is 9.88 Å². The van der Waals surface area contributed by atoms with Crippen molar-refractivity contribution in [2.24, 2.45) is 0 Å². The maximum atomic E-state index is 11.1. The molecule has 1 N–H and O–H groups in total. The molecule has 1 heterocycles. The minimum absolute atomic E-state index is 0.269. The number of amides is 1. The number of aromatic nitrogens is 1. The van der Waals surface area contributed by atoms with Crippen LogP contribution < -0.4 is 4.90 Å². The Bertz CT molecular complexity index is 478. The van der Waals surface area contributed by atoms with Gasteiger partial charge in [-0.05, 0) is 6.07 Å². The first-order valence-electron chi connectivity index (χ1n) is 4.23. The molecule has 0 fully saturated rings. The third kappa shape index (κ3) is 1.37. The molecule has 1 amide bonds. The molecule has 0 aliphatic carbocycles. The molecule has 0 unspecified atom stereocenters. The Kier molecular flexibility index (Phi) is 2.21. The summed E-state index contributed by atoms with van der Waals surface area (Å²) in [5, 5.41) is 0.757. The van der Waals surface area contributed by atoms with Crippen molar-refractivity contribution in [1.82, 2.24) is 4.98 Å².